The van der Waals surface area contributed by atoms with E-state index in [0.29, 0.717) is 22.6 Å². The number of methoxy groups -OCH3 is 2. The van der Waals surface area contributed by atoms with E-state index in [9.17, 15) is 14.6 Å². The number of hydrogen-bond donors (Lipinski definition) is 2. The Balaban J connectivity index is 1.68. The van der Waals surface area contributed by atoms with Crippen molar-refractivity contribution in [2.45, 2.75) is 13.2 Å². The van der Waals surface area contributed by atoms with Gasteiger partial charge in [0.15, 0.2) is 17.7 Å². The second-order valence-electron chi connectivity index (χ2n) is 9.18. The van der Waals surface area contributed by atoms with Crippen molar-refractivity contribution in [3.8, 4) is 44.9 Å². The summed E-state index contributed by atoms with van der Waals surface area (Å²) < 4.78 is 27.0. The maximum atomic E-state index is 13.5. The lowest BCUT2D eigenvalue weighted by Gasteiger charge is -2.16. The molecule has 1 heterocycles. The third-order valence-corrected chi connectivity index (χ3v) is 6.88. The number of benzene rings is 4. The predicted molar refractivity (Wildman–Crippen MR) is 146 cm³/mol. The highest BCUT2D eigenvalue weighted by molar-refractivity contribution is 5.86. The Morgan fingerprint density at radius 3 is 2.11 bits per heavy atom. The van der Waals surface area contributed by atoms with Crippen LogP contribution in [-0.4, -0.2) is 24.4 Å². The smallest absolute Gasteiger partial charge is 0.212 e. The Bertz CT molecular complexity index is 1630. The number of halogens is 1. The molecule has 0 saturated heterocycles. The van der Waals surface area contributed by atoms with E-state index in [2.05, 4.69) is 18.2 Å². The zero-order valence-electron chi connectivity index (χ0n) is 21.5. The fraction of sp³-hybridized carbons (Fsp3) is 0.156. The van der Waals surface area contributed by atoms with E-state index in [1.54, 1.807) is 26.4 Å². The maximum Gasteiger partial charge on any atom is 0.212 e. The van der Waals surface area contributed by atoms with Crippen molar-refractivity contribution in [3.63, 3.8) is 0 Å². The van der Waals surface area contributed by atoms with Gasteiger partial charge in [0.05, 0.1) is 27.4 Å². The average molecular weight is 511 g/mol. The monoisotopic (exact) mass is 510 g/mol. The van der Waals surface area contributed by atoms with Crippen molar-refractivity contribution < 1.29 is 28.6 Å². The summed E-state index contributed by atoms with van der Waals surface area (Å²) in [7, 11) is 5.19. The van der Waals surface area contributed by atoms with Crippen molar-refractivity contribution in [2.24, 2.45) is 7.05 Å². The minimum atomic E-state index is -0.272. The van der Waals surface area contributed by atoms with Crippen LogP contribution in [-0.2, 0) is 20.3 Å². The van der Waals surface area contributed by atoms with Gasteiger partial charge in [-0.3, -0.25) is 0 Å². The molecule has 0 bridgehead atoms. The molecular weight excluding hydrogens is 481 g/mol. The van der Waals surface area contributed by atoms with Gasteiger partial charge >= 0.3 is 0 Å². The van der Waals surface area contributed by atoms with Crippen molar-refractivity contribution in [2.75, 3.05) is 14.2 Å². The van der Waals surface area contributed by atoms with Gasteiger partial charge < -0.3 is 19.7 Å². The van der Waals surface area contributed by atoms with Crippen molar-refractivity contribution in [1.29, 1.82) is 0 Å². The number of ether oxygens (including phenoxy) is 2. The van der Waals surface area contributed by atoms with Crippen LogP contribution in [0.25, 0.3) is 44.3 Å². The van der Waals surface area contributed by atoms with Gasteiger partial charge in [-0.1, -0.05) is 30.3 Å². The molecule has 4 aromatic carbocycles. The minimum Gasteiger partial charge on any atom is -0.493 e. The lowest BCUT2D eigenvalue weighted by molar-refractivity contribution is -0.644. The van der Waals surface area contributed by atoms with Gasteiger partial charge in [0.25, 0.3) is 0 Å². The molecule has 6 heteroatoms. The van der Waals surface area contributed by atoms with Crippen LogP contribution in [0.15, 0.2) is 85.1 Å². The van der Waals surface area contributed by atoms with Gasteiger partial charge in [0.2, 0.25) is 5.52 Å². The first kappa shape index (κ1) is 25.4. The Labute approximate surface area is 221 Å². The fourth-order valence-electron chi connectivity index (χ4n) is 4.91. The molecule has 2 N–H and O–H groups in total. The summed E-state index contributed by atoms with van der Waals surface area (Å²) in [5.41, 5.74) is 7.91. The van der Waals surface area contributed by atoms with Crippen LogP contribution in [0.1, 0.15) is 11.1 Å². The molecule has 38 heavy (non-hydrogen) atoms. The molecule has 0 fully saturated rings. The number of hydrogen-bond acceptors (Lipinski definition) is 4. The summed E-state index contributed by atoms with van der Waals surface area (Å²) in [5, 5.41) is 20.5. The standard InChI is InChI=1S/C32H29FNO4/c1-34-17-25(12-24-13-26(18-35)27(19-36)15-30(24)34)23-14-29(32(38-3)31(16-23)37-2)22-6-4-5-21(11-22)20-7-9-28(33)10-8-20/h4-17,35-36H,18-19H2,1-3H3/q+1. The summed E-state index contributed by atoms with van der Waals surface area (Å²) >= 11 is 0. The molecule has 0 aliphatic heterocycles. The molecule has 0 unspecified atom stereocenters. The van der Waals surface area contributed by atoms with E-state index >= 15 is 0 Å². The third-order valence-electron chi connectivity index (χ3n) is 6.88. The Morgan fingerprint density at radius 1 is 0.711 bits per heavy atom. The van der Waals surface area contributed by atoms with Crippen molar-refractivity contribution in [3.05, 3.63) is 102 Å². The average Bonchev–Trinajstić information content (AvgIpc) is 2.96. The van der Waals surface area contributed by atoms with E-state index < -0.39 is 0 Å². The number of aryl methyl sites for hydroxylation is 1. The normalized spacial score (nSPS) is 11.1. The molecule has 0 radical (unpaired) electrons. The summed E-state index contributed by atoms with van der Waals surface area (Å²) in [6.07, 6.45) is 2.03. The first-order valence-corrected chi connectivity index (χ1v) is 12.3. The van der Waals surface area contributed by atoms with Crippen molar-refractivity contribution >= 4 is 10.9 Å². The van der Waals surface area contributed by atoms with Gasteiger partial charge in [-0.25, -0.2) is 8.96 Å². The van der Waals surface area contributed by atoms with E-state index in [-0.39, 0.29) is 19.0 Å². The number of aliphatic hydroxyl groups is 2. The van der Waals surface area contributed by atoms with Crippen LogP contribution < -0.4 is 14.0 Å². The number of nitrogens with zero attached hydrogens (tertiary/aromatic N) is 1. The van der Waals surface area contributed by atoms with Crippen LogP contribution in [0.5, 0.6) is 11.5 Å². The zero-order chi connectivity index (χ0) is 26.8. The molecule has 0 aliphatic rings. The van der Waals surface area contributed by atoms with Gasteiger partial charge in [0.1, 0.15) is 12.9 Å². The summed E-state index contributed by atoms with van der Waals surface area (Å²) in [6, 6.07) is 24.4. The SMILES string of the molecule is COc1cc(-c2cc3cc(CO)c(CO)cc3[n+](C)c2)cc(-c2cccc(-c3ccc(F)cc3)c2)c1OC. The summed E-state index contributed by atoms with van der Waals surface area (Å²) in [4.78, 5) is 0. The predicted octanol–water partition coefficient (Wildman–Crippen LogP) is 5.81. The van der Waals surface area contributed by atoms with Gasteiger partial charge in [-0.15, -0.1) is 0 Å². The third kappa shape index (κ3) is 4.72. The van der Waals surface area contributed by atoms with Crippen molar-refractivity contribution in [1.82, 2.24) is 0 Å². The molecule has 0 aliphatic carbocycles. The van der Waals surface area contributed by atoms with Crippen LogP contribution in [0, 0.1) is 5.82 Å². The second kappa shape index (κ2) is 10.6. The topological polar surface area (TPSA) is 62.8 Å². The Kier molecular flexibility index (Phi) is 7.09. The van der Waals surface area contributed by atoms with E-state index in [1.807, 2.05) is 54.2 Å². The summed E-state index contributed by atoms with van der Waals surface area (Å²) in [6.45, 7) is -0.283. The first-order chi connectivity index (χ1) is 18.4. The Morgan fingerprint density at radius 2 is 1.42 bits per heavy atom. The van der Waals surface area contributed by atoms with Crippen LogP contribution in [0.3, 0.4) is 0 Å². The van der Waals surface area contributed by atoms with Gasteiger partial charge in [0, 0.05) is 22.6 Å². The maximum absolute atomic E-state index is 13.5. The zero-order valence-corrected chi connectivity index (χ0v) is 21.5. The molecule has 5 nitrogen and oxygen atoms in total. The van der Waals surface area contributed by atoms with Crippen LogP contribution >= 0.6 is 0 Å². The molecular formula is C32H29FNO4+. The van der Waals surface area contributed by atoms with Crippen LogP contribution in [0.4, 0.5) is 4.39 Å². The molecule has 1 aromatic heterocycles. The number of fused-ring (bicyclic) bond motifs is 1. The minimum absolute atomic E-state index is 0.135. The van der Waals surface area contributed by atoms with E-state index in [0.717, 1.165) is 44.3 Å². The fourth-order valence-corrected chi connectivity index (χ4v) is 4.91. The summed E-state index contributed by atoms with van der Waals surface area (Å²) in [5.74, 6) is 0.945. The lowest BCUT2D eigenvalue weighted by atomic mass is 9.94. The number of aliphatic hydroxyl groups excluding tert-OH is 2. The quantitative estimate of drug-likeness (QED) is 0.272. The van der Waals surface area contributed by atoms with Crippen LogP contribution in [0.2, 0.25) is 0 Å². The highest BCUT2D eigenvalue weighted by Crippen LogP contribution is 2.43. The largest absolute Gasteiger partial charge is 0.493 e. The number of rotatable bonds is 7. The molecule has 0 atom stereocenters. The second-order valence-corrected chi connectivity index (χ2v) is 9.18. The molecule has 0 spiro atoms. The number of aromatic nitrogens is 1. The molecule has 0 saturated carbocycles. The molecule has 0 amide bonds. The first-order valence-electron chi connectivity index (χ1n) is 12.3. The highest BCUT2D eigenvalue weighted by atomic mass is 19.1. The molecule has 192 valence electrons. The number of pyridine rings is 1. The Hall–Kier alpha value is -4.26. The lowest BCUT2D eigenvalue weighted by Crippen LogP contribution is -2.29. The van der Waals surface area contributed by atoms with Gasteiger partial charge in [-0.05, 0) is 75.8 Å². The molecule has 5 rings (SSSR count). The molecule has 5 aromatic rings. The van der Waals surface area contributed by atoms with E-state index in [4.69, 9.17) is 9.47 Å². The van der Waals surface area contributed by atoms with E-state index in [1.165, 1.54) is 12.1 Å². The van der Waals surface area contributed by atoms with Gasteiger partial charge in [-0.2, -0.15) is 0 Å². The highest BCUT2D eigenvalue weighted by Gasteiger charge is 2.19.